The number of rotatable bonds is 6. The molecule has 0 aliphatic carbocycles. The van der Waals surface area contributed by atoms with Crippen LogP contribution in [-0.2, 0) is 5.16 Å². The van der Waals surface area contributed by atoms with Crippen LogP contribution in [-0.4, -0.2) is 18.4 Å². The van der Waals surface area contributed by atoms with Crippen molar-refractivity contribution in [3.63, 3.8) is 0 Å². The monoisotopic (exact) mass is 374 g/mol. The minimum Gasteiger partial charge on any atom is -0.507 e. The van der Waals surface area contributed by atoms with Crippen molar-refractivity contribution in [1.29, 1.82) is 0 Å². The van der Waals surface area contributed by atoms with Crippen LogP contribution in [0.3, 0.4) is 0 Å². The molecule has 1 atom stereocenters. The predicted octanol–water partition coefficient (Wildman–Crippen LogP) is 5.70. The molecule has 0 aromatic heterocycles. The van der Waals surface area contributed by atoms with E-state index in [2.05, 4.69) is 71.4 Å². The summed E-state index contributed by atoms with van der Waals surface area (Å²) in [7, 11) is 0.539. The molecule has 0 amide bonds. The SMILES string of the molecule is CCC(CC)(Pc1c(C)cccc1P(C)C)c1cc(C)cc(C)c1O. The van der Waals surface area contributed by atoms with E-state index in [9.17, 15) is 5.11 Å². The predicted molar refractivity (Wildman–Crippen MR) is 117 cm³/mol. The number of phenolic OH excluding ortho intramolecular Hbond substituents is 1. The maximum absolute atomic E-state index is 10.9. The lowest BCUT2D eigenvalue weighted by molar-refractivity contribution is 0.444. The third-order valence-corrected chi connectivity index (χ3v) is 9.18. The fraction of sp³-hybridized carbons (Fsp3) is 0.455. The minimum atomic E-state index is -0.140. The molecule has 0 bridgehead atoms. The van der Waals surface area contributed by atoms with Crippen molar-refractivity contribution in [1.82, 2.24) is 0 Å². The van der Waals surface area contributed by atoms with Gasteiger partial charge in [-0.05, 0) is 68.7 Å². The van der Waals surface area contributed by atoms with Crippen molar-refractivity contribution >= 4 is 27.1 Å². The number of benzene rings is 2. The van der Waals surface area contributed by atoms with Gasteiger partial charge in [-0.15, -0.1) is 0 Å². The average Bonchev–Trinajstić information content (AvgIpc) is 2.57. The van der Waals surface area contributed by atoms with Crippen LogP contribution in [0.2, 0.25) is 0 Å². The molecule has 136 valence electrons. The first-order chi connectivity index (χ1) is 11.8. The van der Waals surface area contributed by atoms with Crippen LogP contribution in [0.15, 0.2) is 30.3 Å². The Bertz CT molecular complexity index is 746. The van der Waals surface area contributed by atoms with Gasteiger partial charge in [-0.25, -0.2) is 0 Å². The molecule has 1 nitrogen and oxygen atoms in total. The third kappa shape index (κ3) is 4.10. The zero-order chi connectivity index (χ0) is 18.8. The largest absolute Gasteiger partial charge is 0.507 e. The van der Waals surface area contributed by atoms with Crippen molar-refractivity contribution in [3.8, 4) is 5.75 Å². The summed E-state index contributed by atoms with van der Waals surface area (Å²) in [6.07, 6.45) is 2.08. The summed E-state index contributed by atoms with van der Waals surface area (Å²) in [5.74, 6) is 0.493. The van der Waals surface area contributed by atoms with E-state index in [0.29, 0.717) is 14.3 Å². The van der Waals surface area contributed by atoms with Gasteiger partial charge >= 0.3 is 0 Å². The molecular weight excluding hydrogens is 342 g/mol. The summed E-state index contributed by atoms with van der Waals surface area (Å²) >= 11 is 0. The number of hydrogen-bond donors (Lipinski definition) is 1. The summed E-state index contributed by atoms with van der Waals surface area (Å²) in [6.45, 7) is 15.6. The molecule has 0 saturated carbocycles. The molecule has 3 heteroatoms. The van der Waals surface area contributed by atoms with Crippen LogP contribution in [0.4, 0.5) is 0 Å². The molecule has 1 N–H and O–H groups in total. The highest BCUT2D eigenvalue weighted by atomic mass is 31.1. The summed E-state index contributed by atoms with van der Waals surface area (Å²) < 4.78 is 0. The zero-order valence-corrected chi connectivity index (χ0v) is 18.6. The van der Waals surface area contributed by atoms with E-state index in [1.807, 2.05) is 6.92 Å². The lowest BCUT2D eigenvalue weighted by Crippen LogP contribution is -2.29. The third-order valence-electron chi connectivity index (χ3n) is 5.26. The van der Waals surface area contributed by atoms with Crippen molar-refractivity contribution in [2.75, 3.05) is 13.3 Å². The fourth-order valence-corrected chi connectivity index (χ4v) is 7.12. The van der Waals surface area contributed by atoms with Crippen LogP contribution in [0.5, 0.6) is 5.75 Å². The molecule has 0 heterocycles. The highest BCUT2D eigenvalue weighted by molar-refractivity contribution is 7.66. The topological polar surface area (TPSA) is 20.2 Å². The Morgan fingerprint density at radius 2 is 1.64 bits per heavy atom. The second kappa shape index (κ2) is 8.20. The first-order valence-electron chi connectivity index (χ1n) is 9.11. The smallest absolute Gasteiger partial charge is 0.122 e. The van der Waals surface area contributed by atoms with Crippen molar-refractivity contribution in [2.45, 2.75) is 52.6 Å². The van der Waals surface area contributed by atoms with Gasteiger partial charge in [0.15, 0.2) is 0 Å². The maximum atomic E-state index is 10.9. The van der Waals surface area contributed by atoms with Crippen LogP contribution < -0.4 is 10.6 Å². The first-order valence-corrected chi connectivity index (χ1v) is 12.3. The Hall–Kier alpha value is -0.900. The molecule has 2 rings (SSSR count). The summed E-state index contributed by atoms with van der Waals surface area (Å²) in [6, 6.07) is 11.0. The molecule has 0 fully saturated rings. The Labute approximate surface area is 156 Å². The Balaban J connectivity index is 2.65. The quantitative estimate of drug-likeness (QED) is 0.643. The van der Waals surface area contributed by atoms with Gasteiger partial charge in [0.05, 0.1) is 0 Å². The molecule has 2 aromatic carbocycles. The summed E-state index contributed by atoms with van der Waals surface area (Å²) in [5.41, 5.74) is 4.75. The Kier molecular flexibility index (Phi) is 6.69. The summed E-state index contributed by atoms with van der Waals surface area (Å²) in [4.78, 5) is 0. The molecule has 1 unspecified atom stereocenters. The van der Waals surface area contributed by atoms with Gasteiger partial charge in [-0.1, -0.05) is 66.2 Å². The molecule has 2 aromatic rings. The van der Waals surface area contributed by atoms with Gasteiger partial charge in [-0.3, -0.25) is 0 Å². The Morgan fingerprint density at radius 3 is 2.20 bits per heavy atom. The number of phenols is 1. The Morgan fingerprint density at radius 1 is 1.00 bits per heavy atom. The van der Waals surface area contributed by atoms with Gasteiger partial charge in [0.2, 0.25) is 0 Å². The van der Waals surface area contributed by atoms with Crippen LogP contribution in [0.25, 0.3) is 0 Å². The zero-order valence-electron chi connectivity index (χ0n) is 16.7. The second-order valence-electron chi connectivity index (χ2n) is 7.26. The highest BCUT2D eigenvalue weighted by Gasteiger charge is 2.33. The number of aryl methyl sites for hydroxylation is 3. The first kappa shape index (κ1) is 20.4. The molecule has 0 aliphatic rings. The second-order valence-corrected chi connectivity index (χ2v) is 11.2. The lowest BCUT2D eigenvalue weighted by atomic mass is 9.89. The van der Waals surface area contributed by atoms with Crippen molar-refractivity contribution in [3.05, 3.63) is 52.6 Å². The van der Waals surface area contributed by atoms with Crippen LogP contribution >= 0.6 is 16.5 Å². The normalized spacial score (nSPS) is 12.5. The van der Waals surface area contributed by atoms with Crippen molar-refractivity contribution < 1.29 is 5.11 Å². The van der Waals surface area contributed by atoms with E-state index < -0.39 is 0 Å². The molecular formula is C22H32OP2. The molecule has 25 heavy (non-hydrogen) atoms. The standard InChI is InChI=1S/C22H32OP2/c1-8-22(9-2,18-14-15(3)13-17(5)20(18)23)24-21-16(4)11-10-12-19(21)25(6)7/h10-14,23-24H,8-9H2,1-7H3. The van der Waals surface area contributed by atoms with Crippen LogP contribution in [0, 0.1) is 20.8 Å². The maximum Gasteiger partial charge on any atom is 0.122 e. The molecule has 0 spiro atoms. The van der Waals surface area contributed by atoms with Gasteiger partial charge in [0, 0.05) is 10.7 Å². The number of hydrogen-bond acceptors (Lipinski definition) is 1. The van der Waals surface area contributed by atoms with E-state index >= 15 is 0 Å². The van der Waals surface area contributed by atoms with E-state index in [-0.39, 0.29) is 13.1 Å². The lowest BCUT2D eigenvalue weighted by Gasteiger charge is -2.35. The number of aromatic hydroxyl groups is 1. The summed E-state index contributed by atoms with van der Waals surface area (Å²) in [5, 5.41) is 13.9. The molecule has 0 saturated heterocycles. The molecule has 0 radical (unpaired) electrons. The van der Waals surface area contributed by atoms with Gasteiger partial charge < -0.3 is 5.11 Å². The van der Waals surface area contributed by atoms with E-state index in [1.165, 1.54) is 21.7 Å². The van der Waals surface area contributed by atoms with Crippen molar-refractivity contribution in [2.24, 2.45) is 0 Å². The molecule has 0 aliphatic heterocycles. The van der Waals surface area contributed by atoms with Gasteiger partial charge in [0.25, 0.3) is 0 Å². The minimum absolute atomic E-state index is 0.00701. The van der Waals surface area contributed by atoms with E-state index in [0.717, 1.165) is 24.0 Å². The van der Waals surface area contributed by atoms with Gasteiger partial charge in [0.1, 0.15) is 5.75 Å². The van der Waals surface area contributed by atoms with E-state index in [1.54, 1.807) is 0 Å². The fourth-order valence-electron chi connectivity index (χ4n) is 3.63. The average molecular weight is 374 g/mol. The van der Waals surface area contributed by atoms with Gasteiger partial charge in [-0.2, -0.15) is 0 Å². The van der Waals surface area contributed by atoms with Crippen LogP contribution in [0.1, 0.15) is 48.9 Å². The van der Waals surface area contributed by atoms with E-state index in [4.69, 9.17) is 0 Å². The highest BCUT2D eigenvalue weighted by Crippen LogP contribution is 2.51.